The first-order valence-corrected chi connectivity index (χ1v) is 4.75. The second kappa shape index (κ2) is 3.72. The Morgan fingerprint density at radius 2 is 2.21 bits per heavy atom. The largest absolute Gasteiger partial charge is 0.347 e. The van der Waals surface area contributed by atoms with Crippen molar-refractivity contribution in [3.63, 3.8) is 0 Å². The molecule has 3 heteroatoms. The van der Waals surface area contributed by atoms with Crippen LogP contribution < -0.4 is 4.89 Å². The molecule has 14 heavy (non-hydrogen) atoms. The Morgan fingerprint density at radius 3 is 2.93 bits per heavy atom. The maximum absolute atomic E-state index is 8.50. The van der Waals surface area contributed by atoms with Gasteiger partial charge in [0.1, 0.15) is 0 Å². The summed E-state index contributed by atoms with van der Waals surface area (Å²) in [7, 11) is 0. The topological polar surface area (TPSA) is 34.4 Å². The smallest absolute Gasteiger partial charge is 0.165 e. The highest BCUT2D eigenvalue weighted by molar-refractivity contribution is 5.81. The first kappa shape index (κ1) is 9.09. The third-order valence-corrected chi connectivity index (χ3v) is 2.31. The van der Waals surface area contributed by atoms with Crippen LogP contribution >= 0.6 is 0 Å². The lowest BCUT2D eigenvalue weighted by atomic mass is 10.2. The molecule has 1 heterocycles. The highest BCUT2D eigenvalue weighted by Gasteiger charge is 2.01. The summed E-state index contributed by atoms with van der Waals surface area (Å²) in [5.41, 5.74) is 1.17. The van der Waals surface area contributed by atoms with Gasteiger partial charge in [-0.1, -0.05) is 6.92 Å². The number of aryl methyl sites for hydroxylation is 1. The molecule has 1 N–H and O–H groups in total. The maximum atomic E-state index is 8.50. The van der Waals surface area contributed by atoms with Crippen LogP contribution in [0, 0.1) is 0 Å². The van der Waals surface area contributed by atoms with Gasteiger partial charge in [-0.3, -0.25) is 0 Å². The molecule has 0 amide bonds. The first-order chi connectivity index (χ1) is 6.85. The number of hydrogen-bond acceptors (Lipinski definition) is 2. The molecule has 0 aliphatic heterocycles. The lowest BCUT2D eigenvalue weighted by Crippen LogP contribution is -1.93. The number of hydrogen-bond donors (Lipinski definition) is 1. The lowest BCUT2D eigenvalue weighted by molar-refractivity contribution is -0.137. The molecule has 0 saturated heterocycles. The van der Waals surface area contributed by atoms with Gasteiger partial charge < -0.3 is 9.45 Å². The molecule has 2 rings (SSSR count). The van der Waals surface area contributed by atoms with Crippen LogP contribution in [0.4, 0.5) is 0 Å². The van der Waals surface area contributed by atoms with E-state index < -0.39 is 0 Å². The van der Waals surface area contributed by atoms with E-state index in [0.29, 0.717) is 5.75 Å². The van der Waals surface area contributed by atoms with Crippen LogP contribution in [0.5, 0.6) is 5.75 Å². The number of fused-ring (bicyclic) bond motifs is 1. The van der Waals surface area contributed by atoms with Crippen LogP contribution in [0.2, 0.25) is 0 Å². The maximum Gasteiger partial charge on any atom is 0.165 e. The van der Waals surface area contributed by atoms with Crippen molar-refractivity contribution < 1.29 is 10.1 Å². The molecule has 1 aromatic heterocycles. The van der Waals surface area contributed by atoms with Gasteiger partial charge in [0.15, 0.2) is 5.75 Å². The van der Waals surface area contributed by atoms with Gasteiger partial charge in [-0.15, -0.1) is 0 Å². The fraction of sp³-hybridized carbons (Fsp3) is 0.273. The average molecular weight is 191 g/mol. The molecular weight excluding hydrogens is 178 g/mol. The normalized spacial score (nSPS) is 10.7. The number of aromatic nitrogens is 1. The molecular formula is C11H13NO2. The van der Waals surface area contributed by atoms with E-state index >= 15 is 0 Å². The predicted molar refractivity (Wildman–Crippen MR) is 55.5 cm³/mol. The number of rotatable bonds is 3. The van der Waals surface area contributed by atoms with Gasteiger partial charge in [-0.25, -0.2) is 5.26 Å². The molecule has 0 fully saturated rings. The molecule has 74 valence electrons. The highest BCUT2D eigenvalue weighted by Crippen LogP contribution is 2.21. The summed E-state index contributed by atoms with van der Waals surface area (Å²) < 4.78 is 2.19. The monoisotopic (exact) mass is 191 g/mol. The third kappa shape index (κ3) is 1.46. The minimum Gasteiger partial charge on any atom is -0.347 e. The Hall–Kier alpha value is -1.48. The Bertz CT molecular complexity index is 434. The summed E-state index contributed by atoms with van der Waals surface area (Å²) in [5.74, 6) is 0.478. The van der Waals surface area contributed by atoms with Crippen molar-refractivity contribution in [1.29, 1.82) is 0 Å². The van der Waals surface area contributed by atoms with Crippen LogP contribution in [0.1, 0.15) is 13.3 Å². The highest BCUT2D eigenvalue weighted by atomic mass is 17.1. The van der Waals surface area contributed by atoms with Crippen LogP contribution in [-0.2, 0) is 6.54 Å². The lowest BCUT2D eigenvalue weighted by Gasteiger charge is -2.02. The van der Waals surface area contributed by atoms with Crippen molar-refractivity contribution in [2.24, 2.45) is 0 Å². The zero-order valence-electron chi connectivity index (χ0n) is 8.10. The molecule has 0 spiro atoms. The van der Waals surface area contributed by atoms with Crippen molar-refractivity contribution >= 4 is 10.9 Å². The van der Waals surface area contributed by atoms with E-state index in [2.05, 4.69) is 22.6 Å². The van der Waals surface area contributed by atoms with Crippen molar-refractivity contribution in [2.45, 2.75) is 19.9 Å². The van der Waals surface area contributed by atoms with E-state index in [-0.39, 0.29) is 0 Å². The predicted octanol–water partition coefficient (Wildman–Crippen LogP) is 2.90. The summed E-state index contributed by atoms with van der Waals surface area (Å²) >= 11 is 0. The van der Waals surface area contributed by atoms with Crippen LogP contribution in [0.3, 0.4) is 0 Å². The Balaban J connectivity index is 2.48. The standard InChI is InChI=1S/C11H13NO2/c1-2-6-12-7-5-9-8-10(14-13)3-4-11(9)12/h3-5,7-8,13H,2,6H2,1H3. The van der Waals surface area contributed by atoms with Crippen LogP contribution in [0.15, 0.2) is 30.5 Å². The molecule has 0 unspecified atom stereocenters. The fourth-order valence-corrected chi connectivity index (χ4v) is 1.67. The summed E-state index contributed by atoms with van der Waals surface area (Å²) in [6.45, 7) is 3.17. The van der Waals surface area contributed by atoms with Crippen LogP contribution in [-0.4, -0.2) is 9.82 Å². The molecule has 0 aliphatic carbocycles. The van der Waals surface area contributed by atoms with Crippen molar-refractivity contribution in [3.05, 3.63) is 30.5 Å². The van der Waals surface area contributed by atoms with E-state index in [9.17, 15) is 0 Å². The molecule has 3 nitrogen and oxygen atoms in total. The Morgan fingerprint density at radius 1 is 1.36 bits per heavy atom. The molecule has 2 aromatic rings. The zero-order valence-corrected chi connectivity index (χ0v) is 8.10. The van der Waals surface area contributed by atoms with E-state index in [4.69, 9.17) is 5.26 Å². The minimum absolute atomic E-state index is 0.478. The average Bonchev–Trinajstić information content (AvgIpc) is 2.61. The Labute approximate surface area is 82.5 Å². The van der Waals surface area contributed by atoms with Crippen LogP contribution in [0.25, 0.3) is 10.9 Å². The van der Waals surface area contributed by atoms with Crippen molar-refractivity contribution in [1.82, 2.24) is 4.57 Å². The second-order valence-corrected chi connectivity index (χ2v) is 3.32. The van der Waals surface area contributed by atoms with E-state index in [0.717, 1.165) is 18.4 Å². The van der Waals surface area contributed by atoms with Crippen molar-refractivity contribution in [2.75, 3.05) is 0 Å². The SMILES string of the molecule is CCCn1ccc2cc(OO)ccc21. The summed E-state index contributed by atoms with van der Waals surface area (Å²) in [5, 5.41) is 9.59. The fourth-order valence-electron chi connectivity index (χ4n) is 1.67. The van der Waals surface area contributed by atoms with Gasteiger partial charge >= 0.3 is 0 Å². The summed E-state index contributed by atoms with van der Waals surface area (Å²) in [6, 6.07) is 7.56. The second-order valence-electron chi connectivity index (χ2n) is 3.32. The van der Waals surface area contributed by atoms with Gasteiger partial charge in [-0.05, 0) is 30.7 Å². The molecule has 0 atom stereocenters. The third-order valence-electron chi connectivity index (χ3n) is 2.31. The number of nitrogens with zero attached hydrogens (tertiary/aromatic N) is 1. The molecule has 0 saturated carbocycles. The van der Waals surface area contributed by atoms with Gasteiger partial charge in [0.2, 0.25) is 0 Å². The van der Waals surface area contributed by atoms with Gasteiger partial charge in [0, 0.05) is 23.6 Å². The Kier molecular flexibility index (Phi) is 2.41. The quantitative estimate of drug-likeness (QED) is 0.598. The molecule has 0 radical (unpaired) electrons. The zero-order chi connectivity index (χ0) is 9.97. The molecule has 1 aromatic carbocycles. The van der Waals surface area contributed by atoms with Gasteiger partial charge in [0.05, 0.1) is 0 Å². The van der Waals surface area contributed by atoms with E-state index in [1.165, 1.54) is 5.52 Å². The molecule has 0 bridgehead atoms. The summed E-state index contributed by atoms with van der Waals surface area (Å²) in [4.78, 5) is 4.18. The van der Waals surface area contributed by atoms with E-state index in [1.807, 2.05) is 18.2 Å². The molecule has 0 aliphatic rings. The van der Waals surface area contributed by atoms with Gasteiger partial charge in [0.25, 0.3) is 0 Å². The van der Waals surface area contributed by atoms with Gasteiger partial charge in [-0.2, -0.15) is 0 Å². The van der Waals surface area contributed by atoms with E-state index in [1.54, 1.807) is 6.07 Å². The van der Waals surface area contributed by atoms with Crippen molar-refractivity contribution in [3.8, 4) is 5.75 Å². The number of benzene rings is 1. The summed E-state index contributed by atoms with van der Waals surface area (Å²) in [6.07, 6.45) is 3.16. The minimum atomic E-state index is 0.478. The first-order valence-electron chi connectivity index (χ1n) is 4.75.